The van der Waals surface area contributed by atoms with E-state index in [1.54, 1.807) is 50.8 Å². The largest absolute Gasteiger partial charge is 0.497 e. The molecule has 0 saturated carbocycles. The molecule has 38 heavy (non-hydrogen) atoms. The number of rotatable bonds is 10. The summed E-state index contributed by atoms with van der Waals surface area (Å²) in [4.78, 5) is 31.9. The van der Waals surface area contributed by atoms with Gasteiger partial charge in [-0.25, -0.2) is 9.79 Å². The lowest BCUT2D eigenvalue weighted by molar-refractivity contribution is -0.139. The van der Waals surface area contributed by atoms with Gasteiger partial charge in [-0.05, 0) is 61.7 Å². The number of allylic oxidation sites excluding steroid dienone is 1. The number of esters is 1. The minimum Gasteiger partial charge on any atom is -0.497 e. The van der Waals surface area contributed by atoms with Crippen molar-refractivity contribution in [2.75, 3.05) is 27.4 Å². The monoisotopic (exact) mass is 536 g/mol. The van der Waals surface area contributed by atoms with Crippen molar-refractivity contribution in [3.05, 3.63) is 84.5 Å². The van der Waals surface area contributed by atoms with Crippen molar-refractivity contribution in [3.8, 4) is 17.2 Å². The number of hydrogen-bond donors (Lipinski definition) is 0. The molecule has 0 bridgehead atoms. The van der Waals surface area contributed by atoms with Crippen LogP contribution in [0.4, 0.5) is 0 Å². The highest BCUT2D eigenvalue weighted by molar-refractivity contribution is 7.07. The van der Waals surface area contributed by atoms with Crippen molar-refractivity contribution < 1.29 is 23.7 Å². The fourth-order valence-electron chi connectivity index (χ4n) is 4.26. The van der Waals surface area contributed by atoms with Gasteiger partial charge in [0.1, 0.15) is 5.75 Å². The second-order valence-electron chi connectivity index (χ2n) is 8.69. The molecule has 0 saturated heterocycles. The van der Waals surface area contributed by atoms with E-state index in [1.807, 2.05) is 30.3 Å². The van der Waals surface area contributed by atoms with Gasteiger partial charge in [0.2, 0.25) is 0 Å². The van der Waals surface area contributed by atoms with E-state index < -0.39 is 12.0 Å². The Morgan fingerprint density at radius 3 is 2.50 bits per heavy atom. The molecule has 0 amide bonds. The van der Waals surface area contributed by atoms with Crippen LogP contribution in [0.2, 0.25) is 0 Å². The molecule has 1 aliphatic heterocycles. The van der Waals surface area contributed by atoms with E-state index >= 15 is 0 Å². The molecule has 0 fully saturated rings. The summed E-state index contributed by atoms with van der Waals surface area (Å²) in [7, 11) is 3.18. The minimum absolute atomic E-state index is 0.218. The van der Waals surface area contributed by atoms with Gasteiger partial charge >= 0.3 is 5.97 Å². The van der Waals surface area contributed by atoms with Gasteiger partial charge in [0.15, 0.2) is 16.3 Å². The molecule has 3 aromatic rings. The van der Waals surface area contributed by atoms with Crippen molar-refractivity contribution >= 4 is 23.4 Å². The maximum atomic E-state index is 13.8. The molecule has 1 aromatic heterocycles. The second-order valence-corrected chi connectivity index (χ2v) is 9.70. The lowest BCUT2D eigenvalue weighted by Crippen LogP contribution is -2.39. The fourth-order valence-corrected chi connectivity index (χ4v) is 5.31. The van der Waals surface area contributed by atoms with Crippen LogP contribution in [0.25, 0.3) is 6.08 Å². The molecule has 1 atom stereocenters. The average Bonchev–Trinajstić information content (AvgIpc) is 3.22. The molecular weight excluding hydrogens is 504 g/mol. The molecule has 1 unspecified atom stereocenters. The standard InChI is InChI=1S/C29H32N2O6S/c1-6-8-15-37-22-14-9-19(16-23(22)35-5)17-24-27(32)31-26(20-10-12-21(34-4)13-11-20)25(28(33)36-7-2)18(3)30-29(31)38-24/h9-14,16-17,26H,6-8,15H2,1-5H3. The van der Waals surface area contributed by atoms with Crippen molar-refractivity contribution in [2.24, 2.45) is 4.99 Å². The third-order valence-electron chi connectivity index (χ3n) is 6.19. The van der Waals surface area contributed by atoms with Crippen molar-refractivity contribution in [2.45, 2.75) is 39.7 Å². The number of benzene rings is 2. The molecule has 8 nitrogen and oxygen atoms in total. The average molecular weight is 537 g/mol. The van der Waals surface area contributed by atoms with Crippen molar-refractivity contribution in [1.29, 1.82) is 0 Å². The Bertz CT molecular complexity index is 1520. The summed E-state index contributed by atoms with van der Waals surface area (Å²) in [5.74, 6) is 1.44. The second kappa shape index (κ2) is 12.1. The van der Waals surface area contributed by atoms with Gasteiger partial charge in [-0.15, -0.1) is 0 Å². The summed E-state index contributed by atoms with van der Waals surface area (Å²) in [5.41, 5.74) is 2.16. The van der Waals surface area contributed by atoms with E-state index in [2.05, 4.69) is 11.9 Å². The van der Waals surface area contributed by atoms with Crippen LogP contribution in [0.5, 0.6) is 17.2 Å². The van der Waals surface area contributed by atoms with E-state index in [1.165, 1.54) is 11.3 Å². The van der Waals surface area contributed by atoms with Gasteiger partial charge in [-0.1, -0.05) is 42.9 Å². The molecule has 2 aromatic carbocycles. The van der Waals surface area contributed by atoms with E-state index in [0.717, 1.165) is 24.0 Å². The molecule has 9 heteroatoms. The Balaban J connectivity index is 1.82. The first-order valence-electron chi connectivity index (χ1n) is 12.6. The van der Waals surface area contributed by atoms with Crippen molar-refractivity contribution in [1.82, 2.24) is 4.57 Å². The zero-order valence-corrected chi connectivity index (χ0v) is 23.1. The highest BCUT2D eigenvalue weighted by atomic mass is 32.1. The van der Waals surface area contributed by atoms with Gasteiger partial charge in [0.05, 0.1) is 49.3 Å². The summed E-state index contributed by atoms with van der Waals surface area (Å²) in [5, 5.41) is 0. The number of methoxy groups -OCH3 is 2. The Morgan fingerprint density at radius 1 is 1.08 bits per heavy atom. The third-order valence-corrected chi connectivity index (χ3v) is 7.17. The Morgan fingerprint density at radius 2 is 1.84 bits per heavy atom. The van der Waals surface area contributed by atoms with Crippen LogP contribution in [0.3, 0.4) is 0 Å². The Hall–Kier alpha value is -3.85. The number of aromatic nitrogens is 1. The zero-order valence-electron chi connectivity index (χ0n) is 22.3. The summed E-state index contributed by atoms with van der Waals surface area (Å²) in [6, 6.07) is 12.2. The number of hydrogen-bond acceptors (Lipinski definition) is 8. The highest BCUT2D eigenvalue weighted by Gasteiger charge is 2.33. The van der Waals surface area contributed by atoms with Crippen molar-refractivity contribution in [3.63, 3.8) is 0 Å². The number of carbonyl (C=O) groups is 1. The van der Waals surface area contributed by atoms with E-state index in [4.69, 9.17) is 18.9 Å². The number of nitrogens with zero attached hydrogens (tertiary/aromatic N) is 2. The molecule has 0 radical (unpaired) electrons. The predicted molar refractivity (Wildman–Crippen MR) is 147 cm³/mol. The zero-order chi connectivity index (χ0) is 27.2. The SMILES string of the molecule is CCCCOc1ccc(C=c2sc3n(c2=O)C(c2ccc(OC)cc2)C(C(=O)OCC)=C(C)N=3)cc1OC. The maximum absolute atomic E-state index is 13.8. The van der Waals surface area contributed by atoms with Gasteiger partial charge in [-0.3, -0.25) is 9.36 Å². The summed E-state index contributed by atoms with van der Waals surface area (Å²) < 4.78 is 24.1. The maximum Gasteiger partial charge on any atom is 0.338 e. The minimum atomic E-state index is -0.678. The molecule has 2 heterocycles. The Labute approximate surface area is 225 Å². The first kappa shape index (κ1) is 27.2. The first-order chi connectivity index (χ1) is 18.4. The summed E-state index contributed by atoms with van der Waals surface area (Å²) in [6.07, 6.45) is 3.79. The fraction of sp³-hybridized carbons (Fsp3) is 0.345. The van der Waals surface area contributed by atoms with Crippen LogP contribution in [0, 0.1) is 0 Å². The van der Waals surface area contributed by atoms with Crippen LogP contribution in [-0.4, -0.2) is 38.0 Å². The van der Waals surface area contributed by atoms with Gasteiger partial charge in [0.25, 0.3) is 5.56 Å². The highest BCUT2D eigenvalue weighted by Crippen LogP contribution is 2.32. The number of fused-ring (bicyclic) bond motifs is 1. The number of ether oxygens (including phenoxy) is 4. The van der Waals surface area contributed by atoms with Crippen LogP contribution in [0.1, 0.15) is 50.8 Å². The van der Waals surface area contributed by atoms with E-state index in [0.29, 0.717) is 44.5 Å². The van der Waals surface area contributed by atoms with Crippen LogP contribution in [-0.2, 0) is 9.53 Å². The van der Waals surface area contributed by atoms with Crippen LogP contribution in [0.15, 0.2) is 63.5 Å². The van der Waals surface area contributed by atoms with Gasteiger partial charge in [0, 0.05) is 0 Å². The summed E-state index contributed by atoms with van der Waals surface area (Å²) in [6.45, 7) is 6.45. The molecular formula is C29H32N2O6S. The van der Waals surface area contributed by atoms with Crippen LogP contribution >= 0.6 is 11.3 Å². The van der Waals surface area contributed by atoms with Gasteiger partial charge < -0.3 is 18.9 Å². The number of thiazole rings is 1. The summed E-state index contributed by atoms with van der Waals surface area (Å²) >= 11 is 1.27. The molecule has 0 spiro atoms. The third kappa shape index (κ3) is 5.52. The Kier molecular flexibility index (Phi) is 8.68. The topological polar surface area (TPSA) is 88.4 Å². The molecule has 0 aliphatic carbocycles. The van der Waals surface area contributed by atoms with E-state index in [-0.39, 0.29) is 12.2 Å². The van der Waals surface area contributed by atoms with E-state index in [9.17, 15) is 9.59 Å². The molecule has 0 N–H and O–H groups in total. The van der Waals surface area contributed by atoms with Crippen LogP contribution < -0.4 is 29.1 Å². The molecule has 4 rings (SSSR count). The number of carbonyl (C=O) groups excluding carboxylic acids is 1. The quantitative estimate of drug-likeness (QED) is 0.288. The normalized spacial score (nSPS) is 15.1. The number of unbranched alkanes of at least 4 members (excludes halogenated alkanes) is 1. The predicted octanol–water partition coefficient (Wildman–Crippen LogP) is 3.99. The molecule has 1 aliphatic rings. The molecule has 200 valence electrons. The smallest absolute Gasteiger partial charge is 0.338 e. The first-order valence-corrected chi connectivity index (χ1v) is 13.4. The lowest BCUT2D eigenvalue weighted by Gasteiger charge is -2.24. The lowest BCUT2D eigenvalue weighted by atomic mass is 9.96. The van der Waals surface area contributed by atoms with Gasteiger partial charge in [-0.2, -0.15) is 0 Å².